The van der Waals surface area contributed by atoms with Crippen molar-refractivity contribution in [3.8, 4) is 11.1 Å². The van der Waals surface area contributed by atoms with Crippen LogP contribution in [0.5, 0.6) is 0 Å². The molecule has 0 radical (unpaired) electrons. The van der Waals surface area contributed by atoms with Gasteiger partial charge < -0.3 is 25.3 Å². The Labute approximate surface area is 293 Å². The number of fused-ring (bicyclic) bond motifs is 1. The first-order chi connectivity index (χ1) is 23.9. The fourth-order valence-electron chi connectivity index (χ4n) is 8.26. The molecule has 266 valence electrons. The number of hydrogen-bond donors (Lipinski definition) is 2. The lowest BCUT2D eigenvalue weighted by atomic mass is 9.86. The Bertz CT molecular complexity index is 2060. The number of amides is 2. The van der Waals surface area contributed by atoms with Gasteiger partial charge in [-0.25, -0.2) is 4.79 Å². The minimum Gasteiger partial charge on any atom is -0.381 e. The molecule has 0 bridgehead atoms. The minimum atomic E-state index is -0.517. The van der Waals surface area contributed by atoms with E-state index < -0.39 is 5.91 Å². The second kappa shape index (κ2) is 14.3. The molecule has 0 aliphatic carbocycles. The van der Waals surface area contributed by atoms with Crippen molar-refractivity contribution in [3.05, 3.63) is 84.7 Å². The van der Waals surface area contributed by atoms with Crippen molar-refractivity contribution >= 4 is 28.5 Å². The van der Waals surface area contributed by atoms with Crippen molar-refractivity contribution in [2.45, 2.75) is 85.2 Å². The molecule has 6 rings (SSSR count). The number of pyridine rings is 1. The first-order valence-corrected chi connectivity index (χ1v) is 17.9. The summed E-state index contributed by atoms with van der Waals surface area (Å²) in [4.78, 5) is 59.9. The number of benzene rings is 2. The number of likely N-dealkylation sites (tertiary alicyclic amines) is 1. The molecule has 11 heteroatoms. The number of aromatic nitrogens is 3. The number of anilines is 1. The summed E-state index contributed by atoms with van der Waals surface area (Å²) >= 11 is 0. The second-order valence-electron chi connectivity index (χ2n) is 13.9. The fraction of sp³-hybridized carbons (Fsp3) is 0.487. The Hall–Kier alpha value is -4.64. The van der Waals surface area contributed by atoms with Crippen LogP contribution in [0.2, 0.25) is 0 Å². The SMILES string of the molecule is CCC(=O)N1CCC(n2c(=O)n(C)c3cc(-c4cc(C(N)=O)c(C)c(N(CC)C5CCOCC5)c4Cc4c(C)cc(C)[nH]c4=O)ccc32)CC1. The molecule has 2 amide bonds. The van der Waals surface area contributed by atoms with E-state index in [2.05, 4.69) is 16.8 Å². The number of nitrogens with zero attached hydrogens (tertiary/aromatic N) is 4. The van der Waals surface area contributed by atoms with Crippen LogP contribution in [0.1, 0.15) is 90.3 Å². The number of carbonyl (C=O) groups excluding carboxylic acids is 2. The van der Waals surface area contributed by atoms with Crippen molar-refractivity contribution in [3.63, 3.8) is 0 Å². The predicted octanol–water partition coefficient (Wildman–Crippen LogP) is 4.89. The lowest BCUT2D eigenvalue weighted by Crippen LogP contribution is -2.41. The van der Waals surface area contributed by atoms with Crippen molar-refractivity contribution in [2.75, 3.05) is 37.7 Å². The fourth-order valence-corrected chi connectivity index (χ4v) is 8.26. The van der Waals surface area contributed by atoms with Gasteiger partial charge in [-0.1, -0.05) is 13.0 Å². The topological polar surface area (TPSA) is 136 Å². The van der Waals surface area contributed by atoms with Gasteiger partial charge in [0.1, 0.15) is 0 Å². The number of nitrogens with two attached hydrogens (primary N) is 1. The van der Waals surface area contributed by atoms with Crippen LogP contribution in [0.15, 0.2) is 39.9 Å². The average Bonchev–Trinajstić information content (AvgIpc) is 3.35. The first kappa shape index (κ1) is 35.2. The summed E-state index contributed by atoms with van der Waals surface area (Å²) in [6, 6.07) is 10.0. The maximum Gasteiger partial charge on any atom is 0.329 e. The van der Waals surface area contributed by atoms with Gasteiger partial charge >= 0.3 is 5.69 Å². The van der Waals surface area contributed by atoms with Crippen LogP contribution in [-0.2, 0) is 23.0 Å². The van der Waals surface area contributed by atoms with Crippen molar-refractivity contribution in [1.82, 2.24) is 19.0 Å². The maximum atomic E-state index is 13.8. The van der Waals surface area contributed by atoms with E-state index in [9.17, 15) is 19.2 Å². The number of imidazole rings is 1. The number of nitrogens with one attached hydrogen (secondary N) is 1. The van der Waals surface area contributed by atoms with Gasteiger partial charge in [0.05, 0.1) is 11.0 Å². The minimum absolute atomic E-state index is 0.0187. The number of aryl methyl sites for hydroxylation is 3. The molecule has 0 spiro atoms. The Balaban J connectivity index is 1.55. The van der Waals surface area contributed by atoms with Gasteiger partial charge in [0.25, 0.3) is 5.56 Å². The normalized spacial score (nSPS) is 15.9. The molecule has 0 saturated carbocycles. The molecule has 2 saturated heterocycles. The molecule has 3 N–H and O–H groups in total. The molecule has 2 aromatic heterocycles. The zero-order valence-electron chi connectivity index (χ0n) is 30.2. The Morgan fingerprint density at radius 2 is 1.66 bits per heavy atom. The van der Waals surface area contributed by atoms with E-state index in [0.717, 1.165) is 63.1 Å². The van der Waals surface area contributed by atoms with Crippen LogP contribution < -0.4 is 21.9 Å². The van der Waals surface area contributed by atoms with Crippen LogP contribution in [0.4, 0.5) is 5.69 Å². The van der Waals surface area contributed by atoms with Gasteiger partial charge in [0.2, 0.25) is 11.8 Å². The molecule has 4 aromatic rings. The third-order valence-corrected chi connectivity index (χ3v) is 10.9. The number of primary amides is 1. The lowest BCUT2D eigenvalue weighted by Gasteiger charge is -2.38. The number of H-pyrrole nitrogens is 1. The monoisotopic (exact) mass is 682 g/mol. The summed E-state index contributed by atoms with van der Waals surface area (Å²) in [6.45, 7) is 13.0. The van der Waals surface area contributed by atoms with Gasteiger partial charge in [-0.2, -0.15) is 0 Å². The number of rotatable bonds is 9. The van der Waals surface area contributed by atoms with Crippen molar-refractivity contribution < 1.29 is 14.3 Å². The largest absolute Gasteiger partial charge is 0.381 e. The molecule has 2 aliphatic rings. The quantitative estimate of drug-likeness (QED) is 0.258. The third kappa shape index (κ3) is 6.39. The van der Waals surface area contributed by atoms with E-state index in [4.69, 9.17) is 10.5 Å². The van der Waals surface area contributed by atoms with E-state index in [-0.39, 0.29) is 29.2 Å². The smallest absolute Gasteiger partial charge is 0.329 e. The molecule has 0 atom stereocenters. The number of aromatic amines is 1. The van der Waals surface area contributed by atoms with Crippen LogP contribution >= 0.6 is 0 Å². The Kier molecular flexibility index (Phi) is 10.1. The maximum absolute atomic E-state index is 13.8. The van der Waals surface area contributed by atoms with E-state index in [1.54, 1.807) is 11.6 Å². The highest BCUT2D eigenvalue weighted by Gasteiger charge is 2.30. The van der Waals surface area contributed by atoms with Gasteiger partial charge in [0.15, 0.2) is 0 Å². The standard InChI is InChI=1S/C39H50N6O5/c1-7-35(46)43-15-11-28(12-16-43)45-33-10-9-26(20-34(33)42(6)39(45)49)31-22-30(37(40)47)25(5)36(44(8-2)27-13-17-50-18-14-27)32(31)21-29-23(3)19-24(4)41-38(29)48/h9-10,19-20,22,27-28H,7-8,11-18,21H2,1-6H3,(H2,40,47)(H,41,48). The summed E-state index contributed by atoms with van der Waals surface area (Å²) in [5, 5.41) is 0. The summed E-state index contributed by atoms with van der Waals surface area (Å²) in [6.07, 6.45) is 3.94. The van der Waals surface area contributed by atoms with E-state index in [1.807, 2.05) is 67.5 Å². The van der Waals surface area contributed by atoms with Crippen molar-refractivity contribution in [1.29, 1.82) is 0 Å². The number of hydrogen-bond acceptors (Lipinski definition) is 6. The van der Waals surface area contributed by atoms with Crippen LogP contribution in [0.25, 0.3) is 22.2 Å². The van der Waals surface area contributed by atoms with Gasteiger partial charge in [0, 0.05) is 87.3 Å². The van der Waals surface area contributed by atoms with Gasteiger partial charge in [-0.15, -0.1) is 0 Å². The van der Waals surface area contributed by atoms with Crippen LogP contribution in [0.3, 0.4) is 0 Å². The van der Waals surface area contributed by atoms with Crippen molar-refractivity contribution in [2.24, 2.45) is 12.8 Å². The Morgan fingerprint density at radius 3 is 2.28 bits per heavy atom. The average molecular weight is 683 g/mol. The van der Waals surface area contributed by atoms with E-state index >= 15 is 0 Å². The van der Waals surface area contributed by atoms with Gasteiger partial charge in [-0.05, 0) is 105 Å². The summed E-state index contributed by atoms with van der Waals surface area (Å²) < 4.78 is 9.28. The summed E-state index contributed by atoms with van der Waals surface area (Å²) in [7, 11) is 1.79. The Morgan fingerprint density at radius 1 is 0.960 bits per heavy atom. The third-order valence-electron chi connectivity index (χ3n) is 10.9. The molecule has 2 aromatic carbocycles. The molecule has 0 unspecified atom stereocenters. The lowest BCUT2D eigenvalue weighted by molar-refractivity contribution is -0.132. The number of ether oxygens (including phenoxy) is 1. The number of carbonyl (C=O) groups is 2. The van der Waals surface area contributed by atoms with Crippen LogP contribution in [-0.4, -0.2) is 69.7 Å². The first-order valence-electron chi connectivity index (χ1n) is 17.9. The van der Waals surface area contributed by atoms with Crippen LogP contribution in [0, 0.1) is 20.8 Å². The zero-order valence-corrected chi connectivity index (χ0v) is 30.2. The summed E-state index contributed by atoms with van der Waals surface area (Å²) in [5.74, 6) is -0.375. The highest BCUT2D eigenvalue weighted by molar-refractivity contribution is 5.99. The summed E-state index contributed by atoms with van der Waals surface area (Å²) in [5.41, 5.74) is 14.5. The van der Waals surface area contributed by atoms with E-state index in [0.29, 0.717) is 69.7 Å². The molecular weight excluding hydrogens is 632 g/mol. The molecular formula is C39H50N6O5. The highest BCUT2D eigenvalue weighted by atomic mass is 16.5. The predicted molar refractivity (Wildman–Crippen MR) is 197 cm³/mol. The highest BCUT2D eigenvalue weighted by Crippen LogP contribution is 2.41. The second-order valence-corrected chi connectivity index (χ2v) is 13.9. The molecule has 11 nitrogen and oxygen atoms in total. The molecule has 2 fully saturated rings. The molecule has 2 aliphatic heterocycles. The molecule has 50 heavy (non-hydrogen) atoms. The number of piperidine rings is 1. The zero-order chi connectivity index (χ0) is 35.9. The van der Waals surface area contributed by atoms with E-state index in [1.165, 1.54) is 0 Å². The van der Waals surface area contributed by atoms with Gasteiger partial charge in [-0.3, -0.25) is 23.5 Å². The molecule has 4 heterocycles.